The standard InChI is InChI=1S/C9H10N2OS/c12-8-3-1-2-7(6-8)11-9-10-4-5-13-9/h1-2,4-5,8,12H,3,6H2. The summed E-state index contributed by atoms with van der Waals surface area (Å²) in [7, 11) is 0. The van der Waals surface area contributed by atoms with Crippen LogP contribution in [0.5, 0.6) is 0 Å². The lowest BCUT2D eigenvalue weighted by molar-refractivity contribution is 0.184. The van der Waals surface area contributed by atoms with Crippen molar-refractivity contribution in [3.63, 3.8) is 0 Å². The maximum atomic E-state index is 9.36. The second kappa shape index (κ2) is 3.81. The van der Waals surface area contributed by atoms with Crippen molar-refractivity contribution in [2.75, 3.05) is 0 Å². The third kappa shape index (κ3) is 2.23. The molecule has 0 saturated carbocycles. The molecule has 0 amide bonds. The van der Waals surface area contributed by atoms with E-state index in [1.807, 2.05) is 17.5 Å². The molecule has 3 nitrogen and oxygen atoms in total. The van der Waals surface area contributed by atoms with Gasteiger partial charge in [-0.3, -0.25) is 0 Å². The van der Waals surface area contributed by atoms with Gasteiger partial charge in [0, 0.05) is 23.7 Å². The first-order valence-electron chi connectivity index (χ1n) is 4.16. The highest BCUT2D eigenvalue weighted by Gasteiger charge is 2.10. The third-order valence-corrected chi connectivity index (χ3v) is 2.49. The number of aromatic nitrogens is 1. The summed E-state index contributed by atoms with van der Waals surface area (Å²) in [5.41, 5.74) is 0.911. The summed E-state index contributed by atoms with van der Waals surface area (Å²) in [5.74, 6) is 0. The lowest BCUT2D eigenvalue weighted by atomic mass is 10.0. The average molecular weight is 194 g/mol. The molecule has 0 fully saturated rings. The van der Waals surface area contributed by atoms with Gasteiger partial charge in [0.05, 0.1) is 6.10 Å². The second-order valence-electron chi connectivity index (χ2n) is 2.91. The van der Waals surface area contributed by atoms with Gasteiger partial charge >= 0.3 is 0 Å². The fourth-order valence-electron chi connectivity index (χ4n) is 1.23. The molecule has 4 heteroatoms. The Morgan fingerprint density at radius 3 is 3.23 bits per heavy atom. The van der Waals surface area contributed by atoms with Crippen LogP contribution in [0, 0.1) is 0 Å². The SMILES string of the molecule is OC1CC=CC(=Nc2nccs2)C1. The Morgan fingerprint density at radius 1 is 1.62 bits per heavy atom. The van der Waals surface area contributed by atoms with Crippen LogP contribution in [0.25, 0.3) is 0 Å². The third-order valence-electron chi connectivity index (χ3n) is 1.82. The van der Waals surface area contributed by atoms with E-state index in [2.05, 4.69) is 9.98 Å². The van der Waals surface area contributed by atoms with Crippen molar-refractivity contribution in [2.45, 2.75) is 18.9 Å². The molecular formula is C9H10N2OS. The van der Waals surface area contributed by atoms with Crippen molar-refractivity contribution >= 4 is 22.2 Å². The zero-order valence-electron chi connectivity index (χ0n) is 7.05. The molecule has 0 radical (unpaired) electrons. The van der Waals surface area contributed by atoms with Gasteiger partial charge in [0.1, 0.15) is 0 Å². The second-order valence-corrected chi connectivity index (χ2v) is 3.79. The van der Waals surface area contributed by atoms with Crippen molar-refractivity contribution in [3.05, 3.63) is 23.7 Å². The van der Waals surface area contributed by atoms with Crippen molar-refractivity contribution < 1.29 is 5.11 Å². The first-order chi connectivity index (χ1) is 6.34. The minimum Gasteiger partial charge on any atom is -0.392 e. The van der Waals surface area contributed by atoms with Gasteiger partial charge in [-0.05, 0) is 12.5 Å². The number of rotatable bonds is 1. The van der Waals surface area contributed by atoms with Crippen molar-refractivity contribution in [1.29, 1.82) is 0 Å². The lowest BCUT2D eigenvalue weighted by Crippen LogP contribution is -2.14. The highest BCUT2D eigenvalue weighted by molar-refractivity contribution is 7.13. The number of aliphatic hydroxyl groups excluding tert-OH is 1. The number of thiazole rings is 1. The predicted molar refractivity (Wildman–Crippen MR) is 53.6 cm³/mol. The van der Waals surface area contributed by atoms with E-state index in [-0.39, 0.29) is 6.10 Å². The number of nitrogens with zero attached hydrogens (tertiary/aromatic N) is 2. The molecule has 0 spiro atoms. The first kappa shape index (κ1) is 8.59. The fraction of sp³-hybridized carbons (Fsp3) is 0.333. The average Bonchev–Trinajstić information content (AvgIpc) is 2.57. The minimum absolute atomic E-state index is 0.274. The number of allylic oxidation sites excluding steroid dienone is 1. The van der Waals surface area contributed by atoms with Crippen LogP contribution in [0.4, 0.5) is 5.13 Å². The van der Waals surface area contributed by atoms with Gasteiger partial charge in [-0.1, -0.05) is 6.08 Å². The molecule has 1 atom stereocenters. The van der Waals surface area contributed by atoms with Crippen LogP contribution in [0.2, 0.25) is 0 Å². The highest BCUT2D eigenvalue weighted by atomic mass is 32.1. The van der Waals surface area contributed by atoms with Gasteiger partial charge in [0.15, 0.2) is 0 Å². The number of hydrogen-bond donors (Lipinski definition) is 1. The molecule has 0 aromatic carbocycles. The maximum absolute atomic E-state index is 9.36. The Morgan fingerprint density at radius 2 is 2.54 bits per heavy atom. The summed E-state index contributed by atoms with van der Waals surface area (Å²) in [5, 5.41) is 12.0. The van der Waals surface area contributed by atoms with Crippen LogP contribution < -0.4 is 0 Å². The van der Waals surface area contributed by atoms with E-state index in [1.165, 1.54) is 11.3 Å². The van der Waals surface area contributed by atoms with Crippen molar-refractivity contribution in [2.24, 2.45) is 4.99 Å². The van der Waals surface area contributed by atoms with E-state index in [0.717, 1.165) is 17.3 Å². The smallest absolute Gasteiger partial charge is 0.209 e. The molecule has 0 bridgehead atoms. The molecule has 1 aromatic heterocycles. The van der Waals surface area contributed by atoms with Crippen LogP contribution >= 0.6 is 11.3 Å². The largest absolute Gasteiger partial charge is 0.392 e. The van der Waals surface area contributed by atoms with Crippen LogP contribution in [0.3, 0.4) is 0 Å². The number of aliphatic imine (C=N–C) groups is 1. The Labute approximate surface area is 80.5 Å². The number of hydrogen-bond acceptors (Lipinski definition) is 4. The molecule has 1 N–H and O–H groups in total. The Hall–Kier alpha value is -1.00. The molecule has 1 unspecified atom stereocenters. The predicted octanol–water partition coefficient (Wildman–Crippen LogP) is 1.93. The summed E-state index contributed by atoms with van der Waals surface area (Å²) in [6.07, 6.45) is 6.72. The molecular weight excluding hydrogens is 184 g/mol. The molecule has 0 aliphatic heterocycles. The molecule has 1 heterocycles. The highest BCUT2D eigenvalue weighted by Crippen LogP contribution is 2.18. The quantitative estimate of drug-likeness (QED) is 0.742. The van der Waals surface area contributed by atoms with Gasteiger partial charge < -0.3 is 5.11 Å². The summed E-state index contributed by atoms with van der Waals surface area (Å²) < 4.78 is 0. The van der Waals surface area contributed by atoms with Gasteiger partial charge in [0.25, 0.3) is 0 Å². The minimum atomic E-state index is -0.274. The molecule has 1 aromatic rings. The Balaban J connectivity index is 2.16. The molecule has 1 aliphatic rings. The van der Waals surface area contributed by atoms with Crippen LogP contribution in [-0.2, 0) is 0 Å². The normalized spacial score (nSPS) is 25.3. The lowest BCUT2D eigenvalue weighted by Gasteiger charge is -2.11. The molecule has 13 heavy (non-hydrogen) atoms. The van der Waals surface area contributed by atoms with E-state index in [0.29, 0.717) is 6.42 Å². The molecule has 0 saturated heterocycles. The topological polar surface area (TPSA) is 45.5 Å². The summed E-state index contributed by atoms with van der Waals surface area (Å²) in [6, 6.07) is 0. The zero-order valence-corrected chi connectivity index (χ0v) is 7.87. The van der Waals surface area contributed by atoms with E-state index in [1.54, 1.807) is 6.20 Å². The van der Waals surface area contributed by atoms with Crippen molar-refractivity contribution in [1.82, 2.24) is 4.98 Å². The molecule has 2 rings (SSSR count). The fourth-order valence-corrected chi connectivity index (χ4v) is 1.77. The summed E-state index contributed by atoms with van der Waals surface area (Å²) in [4.78, 5) is 8.36. The number of aliphatic hydroxyl groups is 1. The Bertz CT molecular complexity index is 329. The summed E-state index contributed by atoms with van der Waals surface area (Å²) in [6.45, 7) is 0. The van der Waals surface area contributed by atoms with Gasteiger partial charge in [-0.2, -0.15) is 0 Å². The van der Waals surface area contributed by atoms with Gasteiger partial charge in [-0.15, -0.1) is 11.3 Å². The van der Waals surface area contributed by atoms with E-state index < -0.39 is 0 Å². The Kier molecular flexibility index (Phi) is 2.52. The molecule has 68 valence electrons. The first-order valence-corrected chi connectivity index (χ1v) is 5.04. The zero-order chi connectivity index (χ0) is 9.10. The van der Waals surface area contributed by atoms with E-state index in [4.69, 9.17) is 0 Å². The summed E-state index contributed by atoms with van der Waals surface area (Å²) >= 11 is 1.50. The van der Waals surface area contributed by atoms with Crippen LogP contribution in [0.1, 0.15) is 12.8 Å². The van der Waals surface area contributed by atoms with E-state index in [9.17, 15) is 5.11 Å². The van der Waals surface area contributed by atoms with Crippen molar-refractivity contribution in [3.8, 4) is 0 Å². The van der Waals surface area contributed by atoms with Crippen LogP contribution in [0.15, 0.2) is 28.7 Å². The van der Waals surface area contributed by atoms with Gasteiger partial charge in [0.2, 0.25) is 5.13 Å². The monoisotopic (exact) mass is 194 g/mol. The molecule has 1 aliphatic carbocycles. The van der Waals surface area contributed by atoms with Crippen LogP contribution in [-0.4, -0.2) is 21.9 Å². The van der Waals surface area contributed by atoms with E-state index >= 15 is 0 Å². The maximum Gasteiger partial charge on any atom is 0.209 e. The van der Waals surface area contributed by atoms with Gasteiger partial charge in [-0.25, -0.2) is 9.98 Å².